The summed E-state index contributed by atoms with van der Waals surface area (Å²) in [7, 11) is -1.39. The molecule has 0 aliphatic rings. The number of ether oxygens (including phenoxy) is 2. The lowest BCUT2D eigenvalue weighted by Crippen LogP contribution is -2.37. The van der Waals surface area contributed by atoms with E-state index in [9.17, 15) is 9.59 Å². The van der Waals surface area contributed by atoms with Gasteiger partial charge in [-0.15, -0.1) is 0 Å². The fourth-order valence-corrected chi connectivity index (χ4v) is 1.24. The van der Waals surface area contributed by atoms with E-state index in [1.54, 1.807) is 41.5 Å². The number of aliphatic hydroxyl groups is 3. The van der Waals surface area contributed by atoms with Crippen LogP contribution in [0.3, 0.4) is 0 Å². The first kappa shape index (κ1) is 37.5. The molecule has 0 heterocycles. The fourth-order valence-electron chi connectivity index (χ4n) is 1.24. The molecule has 0 spiro atoms. The van der Waals surface area contributed by atoms with E-state index >= 15 is 0 Å². The molecule has 11 heteroatoms. The molecule has 0 rings (SSSR count). The molecule has 0 aliphatic heterocycles. The van der Waals surface area contributed by atoms with Crippen molar-refractivity contribution < 1.29 is 34.4 Å². The van der Waals surface area contributed by atoms with Crippen molar-refractivity contribution >= 4 is 30.6 Å². The minimum absolute atomic E-state index is 0.00852. The predicted octanol–water partition coefficient (Wildman–Crippen LogP) is 4.38. The highest BCUT2D eigenvalue weighted by Gasteiger charge is 2.32. The number of halogens is 1. The Labute approximate surface area is 212 Å². The molecule has 0 fully saturated rings. The molecule has 34 heavy (non-hydrogen) atoms. The van der Waals surface area contributed by atoms with Crippen LogP contribution in [-0.4, -0.2) is 78.0 Å². The first-order valence-electron chi connectivity index (χ1n) is 11.5. The lowest BCUT2D eigenvalue weighted by atomic mass is 10.2. The Hall–Kier alpha value is -1.07. The van der Waals surface area contributed by atoms with E-state index in [0.29, 0.717) is 11.5 Å². The number of amides is 2. The standard InChI is InChI=1S/C9H19NO3.C8H17NO4.C6H15ClSi/c1-5-7(11)6-10-8(12)13-9(2,3)4;1-8(2,3)13-7(12)9-4-6(11)5-10;1-6(2,3)8(4,5)7/h7,11H,5-6H2,1-4H3,(H,10,12);6,10-11H,4-5H2,1-3H3,(H,9,12);1-5H3. The van der Waals surface area contributed by atoms with Crippen LogP contribution >= 0.6 is 11.1 Å². The maximum Gasteiger partial charge on any atom is 0.407 e. The molecule has 0 saturated carbocycles. The van der Waals surface area contributed by atoms with Crippen LogP contribution in [-0.2, 0) is 9.47 Å². The zero-order valence-corrected chi connectivity index (χ0v) is 25.1. The molecule has 0 aromatic heterocycles. The first-order valence-corrected chi connectivity index (χ1v) is 15.6. The zero-order chi connectivity index (χ0) is 28.0. The van der Waals surface area contributed by atoms with Crippen molar-refractivity contribution in [2.75, 3.05) is 19.7 Å². The van der Waals surface area contributed by atoms with E-state index in [0.717, 1.165) is 0 Å². The zero-order valence-electron chi connectivity index (χ0n) is 23.3. The number of nitrogens with one attached hydrogen (secondary N) is 2. The molecule has 0 bridgehead atoms. The van der Waals surface area contributed by atoms with E-state index < -0.39 is 43.0 Å². The molecular weight excluding hydrogens is 480 g/mol. The summed E-state index contributed by atoms with van der Waals surface area (Å²) < 4.78 is 9.86. The summed E-state index contributed by atoms with van der Waals surface area (Å²) in [6, 6.07) is 0. The summed E-state index contributed by atoms with van der Waals surface area (Å²) >= 11 is 6.15. The minimum Gasteiger partial charge on any atom is -0.444 e. The normalized spacial score (nSPS) is 13.8. The Kier molecular flexibility index (Phi) is 18.3. The van der Waals surface area contributed by atoms with Crippen molar-refractivity contribution in [3.8, 4) is 0 Å². The predicted molar refractivity (Wildman–Crippen MR) is 141 cm³/mol. The van der Waals surface area contributed by atoms with Crippen LogP contribution in [0.2, 0.25) is 18.1 Å². The van der Waals surface area contributed by atoms with E-state index in [2.05, 4.69) is 44.5 Å². The molecule has 206 valence electrons. The Morgan fingerprint density at radius 3 is 1.32 bits per heavy atom. The summed E-state index contributed by atoms with van der Waals surface area (Å²) in [6.45, 7) is 23.3. The molecule has 0 aliphatic carbocycles. The molecule has 2 atom stereocenters. The monoisotopic (exact) mass is 530 g/mol. The number of hydrogen-bond acceptors (Lipinski definition) is 7. The molecule has 0 radical (unpaired) electrons. The van der Waals surface area contributed by atoms with Crippen LogP contribution in [0.1, 0.15) is 75.7 Å². The molecule has 2 unspecified atom stereocenters. The SMILES string of the molecule is CC(C)(C)OC(=O)NCC(O)CO.CC(C)(C)[Si](C)(C)Cl.CCC(O)CNC(=O)OC(C)(C)C. The molecule has 9 nitrogen and oxygen atoms in total. The van der Waals surface area contributed by atoms with Gasteiger partial charge in [-0.25, -0.2) is 9.59 Å². The third-order valence-electron chi connectivity index (χ3n) is 4.23. The van der Waals surface area contributed by atoms with Gasteiger partial charge in [-0.3, -0.25) is 0 Å². The van der Waals surface area contributed by atoms with E-state index in [1.807, 2.05) is 6.92 Å². The maximum absolute atomic E-state index is 11.0. The van der Waals surface area contributed by atoms with Crippen molar-refractivity contribution in [1.82, 2.24) is 10.6 Å². The first-order chi connectivity index (χ1) is 14.9. The number of carbonyl (C=O) groups excluding carboxylic acids is 2. The van der Waals surface area contributed by atoms with Gasteiger partial charge in [0.1, 0.15) is 11.2 Å². The lowest BCUT2D eigenvalue weighted by molar-refractivity contribution is 0.0449. The highest BCUT2D eigenvalue weighted by Crippen LogP contribution is 2.38. The van der Waals surface area contributed by atoms with Gasteiger partial charge in [-0.2, -0.15) is 11.1 Å². The van der Waals surface area contributed by atoms with Crippen molar-refractivity contribution in [2.45, 2.75) is 117 Å². The largest absolute Gasteiger partial charge is 0.444 e. The van der Waals surface area contributed by atoms with Gasteiger partial charge in [0.2, 0.25) is 0 Å². The fraction of sp³-hybridized carbons (Fsp3) is 0.913. The average molecular weight is 531 g/mol. The van der Waals surface area contributed by atoms with Crippen LogP contribution in [0.5, 0.6) is 0 Å². The van der Waals surface area contributed by atoms with Gasteiger partial charge in [0, 0.05) is 13.1 Å². The van der Waals surface area contributed by atoms with Gasteiger partial charge in [-0.1, -0.05) is 40.8 Å². The lowest BCUT2D eigenvalue weighted by Gasteiger charge is -2.29. The third kappa shape index (κ3) is 27.2. The second-order valence-electron chi connectivity index (χ2n) is 11.4. The molecule has 0 saturated heterocycles. The van der Waals surface area contributed by atoms with Gasteiger partial charge in [-0.05, 0) is 53.0 Å². The van der Waals surface area contributed by atoms with Crippen LogP contribution in [0, 0.1) is 0 Å². The van der Waals surface area contributed by atoms with E-state index in [-0.39, 0.29) is 19.7 Å². The molecular formula is C23H51ClN2O7Si. The Bertz CT molecular complexity index is 516. The van der Waals surface area contributed by atoms with E-state index in [4.69, 9.17) is 35.9 Å². The van der Waals surface area contributed by atoms with Crippen molar-refractivity contribution in [1.29, 1.82) is 0 Å². The van der Waals surface area contributed by atoms with Gasteiger partial charge >= 0.3 is 12.2 Å². The Morgan fingerprint density at radius 2 is 1.12 bits per heavy atom. The maximum atomic E-state index is 11.0. The highest BCUT2D eigenvalue weighted by atomic mass is 35.6. The smallest absolute Gasteiger partial charge is 0.407 e. The molecule has 5 N–H and O–H groups in total. The topological polar surface area (TPSA) is 137 Å². The molecule has 0 aromatic carbocycles. The summed E-state index contributed by atoms with van der Waals surface area (Å²) in [4.78, 5) is 22.0. The minimum atomic E-state index is -1.39. The Morgan fingerprint density at radius 1 is 0.824 bits per heavy atom. The average Bonchev–Trinajstić information content (AvgIpc) is 2.60. The van der Waals surface area contributed by atoms with Crippen molar-refractivity contribution in [2.24, 2.45) is 0 Å². The van der Waals surface area contributed by atoms with Crippen LogP contribution in [0.15, 0.2) is 0 Å². The Balaban J connectivity index is -0.000000438. The number of alkyl carbamates (subject to hydrolysis) is 2. The summed E-state index contributed by atoms with van der Waals surface area (Å²) in [5, 5.41) is 31.6. The summed E-state index contributed by atoms with van der Waals surface area (Å²) in [5.74, 6) is 0. The van der Waals surface area contributed by atoms with Gasteiger partial charge in [0.15, 0.2) is 7.38 Å². The summed E-state index contributed by atoms with van der Waals surface area (Å²) in [5.41, 5.74) is -1.03. The van der Waals surface area contributed by atoms with Crippen molar-refractivity contribution in [3.05, 3.63) is 0 Å². The number of rotatable bonds is 6. The van der Waals surface area contributed by atoms with Crippen LogP contribution in [0.4, 0.5) is 9.59 Å². The second-order valence-corrected chi connectivity index (χ2v) is 18.7. The summed E-state index contributed by atoms with van der Waals surface area (Å²) in [6.07, 6.45) is -1.89. The third-order valence-corrected chi connectivity index (χ3v) is 9.50. The van der Waals surface area contributed by atoms with Gasteiger partial charge < -0.3 is 35.4 Å². The van der Waals surface area contributed by atoms with Crippen LogP contribution in [0.25, 0.3) is 0 Å². The van der Waals surface area contributed by atoms with E-state index in [1.165, 1.54) is 0 Å². The molecule has 2 amide bonds. The highest BCUT2D eigenvalue weighted by molar-refractivity contribution is 7.20. The van der Waals surface area contributed by atoms with Crippen LogP contribution < -0.4 is 10.6 Å². The number of hydrogen-bond donors (Lipinski definition) is 5. The van der Waals surface area contributed by atoms with Gasteiger partial charge in [0.05, 0.1) is 18.8 Å². The quantitative estimate of drug-likeness (QED) is 0.254. The van der Waals surface area contributed by atoms with Gasteiger partial charge in [0.25, 0.3) is 0 Å². The molecule has 0 aromatic rings. The number of carbonyl (C=O) groups is 2. The van der Waals surface area contributed by atoms with Crippen molar-refractivity contribution in [3.63, 3.8) is 0 Å². The second kappa shape index (κ2) is 16.6. The number of aliphatic hydroxyl groups excluding tert-OH is 3.